The van der Waals surface area contributed by atoms with Crippen molar-refractivity contribution in [3.8, 4) is 0 Å². The van der Waals surface area contributed by atoms with Gasteiger partial charge in [-0.1, -0.05) is 18.2 Å². The number of amides is 1. The summed E-state index contributed by atoms with van der Waals surface area (Å²) in [7, 11) is -4.35. The van der Waals surface area contributed by atoms with Gasteiger partial charge in [-0.05, 0) is 36.8 Å². The lowest BCUT2D eigenvalue weighted by molar-refractivity contribution is -0.137. The first-order valence-electron chi connectivity index (χ1n) is 9.20. The topological polar surface area (TPSA) is 93.1 Å². The molecule has 0 saturated carbocycles. The van der Waals surface area contributed by atoms with Crippen LogP contribution in [0, 0.1) is 0 Å². The standard InChI is InChI=1S/C20H19F3N4O3S.ClH/c21-20(22,23)15-5-3-6-16(13-15)31(29,30)26-18-8-2-1-7-17(18)19(28)25-9-4-11-27-12-10-24-14-27;/h1-3,5-8,10,12-14,26H,4,9,11H2,(H,25,28);1H. The molecular formula is C20H20ClF3N4O3S. The number of imidazole rings is 1. The Bertz CT molecular complexity index is 1150. The number of carbonyl (C=O) groups is 1. The Morgan fingerprint density at radius 2 is 1.84 bits per heavy atom. The molecule has 2 aromatic carbocycles. The minimum Gasteiger partial charge on any atom is -0.352 e. The molecule has 172 valence electrons. The predicted molar refractivity (Wildman–Crippen MR) is 115 cm³/mol. The van der Waals surface area contributed by atoms with E-state index in [0.29, 0.717) is 25.6 Å². The highest BCUT2D eigenvalue weighted by Crippen LogP contribution is 2.31. The lowest BCUT2D eigenvalue weighted by atomic mass is 10.1. The molecule has 0 spiro atoms. The molecule has 3 rings (SSSR count). The number of halogens is 4. The van der Waals surface area contributed by atoms with Gasteiger partial charge in [0.25, 0.3) is 15.9 Å². The van der Waals surface area contributed by atoms with Crippen molar-refractivity contribution in [1.82, 2.24) is 14.9 Å². The molecule has 12 heteroatoms. The fourth-order valence-electron chi connectivity index (χ4n) is 2.79. The summed E-state index contributed by atoms with van der Waals surface area (Å²) in [6.07, 6.45) is 1.03. The van der Waals surface area contributed by atoms with Crippen LogP contribution in [-0.4, -0.2) is 30.4 Å². The van der Waals surface area contributed by atoms with Gasteiger partial charge in [0.1, 0.15) is 0 Å². The Morgan fingerprint density at radius 1 is 1.09 bits per heavy atom. The van der Waals surface area contributed by atoms with Crippen LogP contribution in [0.2, 0.25) is 0 Å². The normalized spacial score (nSPS) is 11.5. The molecule has 0 unspecified atom stereocenters. The number of nitrogens with one attached hydrogen (secondary N) is 2. The highest BCUT2D eigenvalue weighted by Gasteiger charge is 2.31. The van der Waals surface area contributed by atoms with E-state index in [2.05, 4.69) is 15.0 Å². The van der Waals surface area contributed by atoms with Gasteiger partial charge in [0.2, 0.25) is 0 Å². The fourth-order valence-corrected chi connectivity index (χ4v) is 3.92. The third-order valence-corrected chi connectivity index (χ3v) is 5.69. The molecule has 7 nitrogen and oxygen atoms in total. The summed E-state index contributed by atoms with van der Waals surface area (Å²) in [5.74, 6) is -0.507. The van der Waals surface area contributed by atoms with Crippen LogP contribution in [0.1, 0.15) is 22.3 Å². The molecule has 3 aromatic rings. The van der Waals surface area contributed by atoms with Gasteiger partial charge in [-0.25, -0.2) is 13.4 Å². The summed E-state index contributed by atoms with van der Waals surface area (Å²) in [5, 5.41) is 2.70. The Kier molecular flexibility index (Phi) is 8.28. The largest absolute Gasteiger partial charge is 0.416 e. The highest BCUT2D eigenvalue weighted by atomic mass is 35.5. The van der Waals surface area contributed by atoms with E-state index in [4.69, 9.17) is 0 Å². The van der Waals surface area contributed by atoms with Gasteiger partial charge in [0, 0.05) is 25.5 Å². The van der Waals surface area contributed by atoms with Gasteiger partial charge in [-0.3, -0.25) is 9.52 Å². The summed E-state index contributed by atoms with van der Waals surface area (Å²) in [6, 6.07) is 9.25. The molecule has 0 fully saturated rings. The van der Waals surface area contributed by atoms with E-state index in [9.17, 15) is 26.4 Å². The van der Waals surface area contributed by atoms with Crippen LogP contribution < -0.4 is 10.0 Å². The van der Waals surface area contributed by atoms with E-state index >= 15 is 0 Å². The second kappa shape index (κ2) is 10.5. The van der Waals surface area contributed by atoms with Crippen molar-refractivity contribution >= 4 is 34.0 Å². The van der Waals surface area contributed by atoms with Crippen molar-refractivity contribution in [2.45, 2.75) is 24.0 Å². The van der Waals surface area contributed by atoms with Crippen molar-refractivity contribution in [1.29, 1.82) is 0 Å². The molecule has 1 amide bonds. The van der Waals surface area contributed by atoms with E-state index in [0.717, 1.165) is 18.2 Å². The van der Waals surface area contributed by atoms with Gasteiger partial charge in [0.15, 0.2) is 0 Å². The van der Waals surface area contributed by atoms with E-state index in [1.165, 1.54) is 18.2 Å². The molecule has 32 heavy (non-hydrogen) atoms. The molecule has 2 N–H and O–H groups in total. The summed E-state index contributed by atoms with van der Waals surface area (Å²) in [6.45, 7) is 0.982. The summed E-state index contributed by atoms with van der Waals surface area (Å²) >= 11 is 0. The van der Waals surface area contributed by atoms with Crippen LogP contribution in [0.5, 0.6) is 0 Å². The van der Waals surface area contributed by atoms with Gasteiger partial charge in [0.05, 0.1) is 28.0 Å². The van der Waals surface area contributed by atoms with E-state index < -0.39 is 32.6 Å². The average Bonchev–Trinajstić information content (AvgIpc) is 3.24. The molecule has 0 atom stereocenters. The number of anilines is 1. The first kappa shape index (κ1) is 25.2. The number of aromatic nitrogens is 2. The first-order valence-corrected chi connectivity index (χ1v) is 10.7. The van der Waals surface area contributed by atoms with Crippen LogP contribution in [0.3, 0.4) is 0 Å². The van der Waals surface area contributed by atoms with Crippen molar-refractivity contribution in [3.05, 3.63) is 78.4 Å². The van der Waals surface area contributed by atoms with E-state index in [-0.39, 0.29) is 23.7 Å². The average molecular weight is 489 g/mol. The monoisotopic (exact) mass is 488 g/mol. The SMILES string of the molecule is Cl.O=C(NCCCn1ccnc1)c1ccccc1NS(=O)(=O)c1cccc(C(F)(F)F)c1. The van der Waals surface area contributed by atoms with Crippen molar-refractivity contribution in [2.24, 2.45) is 0 Å². The number of benzene rings is 2. The minimum atomic E-state index is -4.68. The fraction of sp³-hybridized carbons (Fsp3) is 0.200. The maximum absolute atomic E-state index is 12.9. The molecule has 0 radical (unpaired) electrons. The molecule has 1 heterocycles. The third kappa shape index (κ3) is 6.47. The zero-order valence-electron chi connectivity index (χ0n) is 16.5. The molecule has 0 saturated heterocycles. The zero-order valence-corrected chi connectivity index (χ0v) is 18.2. The summed E-state index contributed by atoms with van der Waals surface area (Å²) < 4.78 is 68.1. The molecule has 0 aliphatic rings. The number of hydrogen-bond acceptors (Lipinski definition) is 4. The highest BCUT2D eigenvalue weighted by molar-refractivity contribution is 7.92. The molecule has 0 bridgehead atoms. The van der Waals surface area contributed by atoms with Crippen molar-refractivity contribution < 1.29 is 26.4 Å². The Morgan fingerprint density at radius 3 is 2.53 bits per heavy atom. The van der Waals surface area contributed by atoms with Crippen LogP contribution in [-0.2, 0) is 22.7 Å². The van der Waals surface area contributed by atoms with Crippen LogP contribution in [0.15, 0.2) is 72.1 Å². The second-order valence-corrected chi connectivity index (χ2v) is 8.27. The summed E-state index contributed by atoms with van der Waals surface area (Å²) in [4.78, 5) is 15.9. The molecule has 1 aromatic heterocycles. The van der Waals surface area contributed by atoms with Gasteiger partial charge in [-0.15, -0.1) is 12.4 Å². The lowest BCUT2D eigenvalue weighted by Gasteiger charge is -2.14. The van der Waals surface area contributed by atoms with Crippen LogP contribution in [0.25, 0.3) is 0 Å². The number of para-hydroxylation sites is 1. The molecule has 0 aliphatic heterocycles. The Hall–Kier alpha value is -3.05. The number of nitrogens with zero attached hydrogens (tertiary/aromatic N) is 2. The quantitative estimate of drug-likeness (QED) is 0.470. The zero-order chi connectivity index (χ0) is 22.5. The second-order valence-electron chi connectivity index (χ2n) is 6.59. The van der Waals surface area contributed by atoms with Crippen LogP contribution in [0.4, 0.5) is 18.9 Å². The Balaban J connectivity index is 0.00000363. The smallest absolute Gasteiger partial charge is 0.352 e. The van der Waals surface area contributed by atoms with Crippen molar-refractivity contribution in [2.75, 3.05) is 11.3 Å². The maximum atomic E-state index is 12.9. The predicted octanol–water partition coefficient (Wildman–Crippen LogP) is 3.94. The van der Waals surface area contributed by atoms with Gasteiger partial charge in [-0.2, -0.15) is 13.2 Å². The van der Waals surface area contributed by atoms with Gasteiger partial charge < -0.3 is 9.88 Å². The van der Waals surface area contributed by atoms with E-state index in [1.807, 2.05) is 4.57 Å². The van der Waals surface area contributed by atoms with Crippen molar-refractivity contribution in [3.63, 3.8) is 0 Å². The molecule has 0 aliphatic carbocycles. The van der Waals surface area contributed by atoms with Crippen LogP contribution >= 0.6 is 12.4 Å². The van der Waals surface area contributed by atoms with E-state index in [1.54, 1.807) is 24.8 Å². The summed E-state index contributed by atoms with van der Waals surface area (Å²) in [5.41, 5.74) is -1.06. The third-order valence-electron chi connectivity index (χ3n) is 4.33. The number of hydrogen-bond donors (Lipinski definition) is 2. The number of sulfonamides is 1. The first-order chi connectivity index (χ1) is 14.7. The van der Waals surface area contributed by atoms with Gasteiger partial charge >= 0.3 is 6.18 Å². The number of rotatable bonds is 8. The maximum Gasteiger partial charge on any atom is 0.416 e. The number of alkyl halides is 3. The Labute approximate surface area is 189 Å². The lowest BCUT2D eigenvalue weighted by Crippen LogP contribution is -2.26. The molecular weight excluding hydrogens is 469 g/mol. The minimum absolute atomic E-state index is 0. The number of carbonyl (C=O) groups excluding carboxylic acids is 1. The number of aryl methyl sites for hydroxylation is 1.